The fourth-order valence-corrected chi connectivity index (χ4v) is 1.47. The summed E-state index contributed by atoms with van der Waals surface area (Å²) >= 11 is 0. The Kier molecular flexibility index (Phi) is 5.70. The van der Waals surface area contributed by atoms with Gasteiger partial charge in [0.05, 0.1) is 7.11 Å². The fourth-order valence-electron chi connectivity index (χ4n) is 1.47. The molecule has 5 heteroatoms. The molecule has 0 aliphatic rings. The largest absolute Gasteiger partial charge is 0.497 e. The van der Waals surface area contributed by atoms with Crippen molar-refractivity contribution in [1.29, 1.82) is 0 Å². The normalized spacial score (nSPS) is 9.83. The Morgan fingerprint density at radius 1 is 1.33 bits per heavy atom. The van der Waals surface area contributed by atoms with Crippen LogP contribution < -0.4 is 10.1 Å². The average molecular weight is 251 g/mol. The lowest BCUT2D eigenvalue weighted by molar-refractivity contribution is -0.137. The zero-order valence-electron chi connectivity index (χ0n) is 10.3. The second kappa shape index (κ2) is 7.32. The Balaban J connectivity index is 2.31. The van der Waals surface area contributed by atoms with Crippen LogP contribution in [0.15, 0.2) is 24.3 Å². The molecule has 1 aromatic carbocycles. The number of nitrogens with one attached hydrogen (secondary N) is 1. The molecule has 0 saturated heterocycles. The number of rotatable bonds is 7. The number of benzene rings is 1. The molecular formula is C13H17NO4. The number of hydrogen-bond acceptors (Lipinski definition) is 3. The van der Waals surface area contributed by atoms with E-state index in [1.54, 1.807) is 7.11 Å². The molecule has 0 heterocycles. The maximum absolute atomic E-state index is 11.4. The molecule has 0 bridgehead atoms. The van der Waals surface area contributed by atoms with Gasteiger partial charge in [-0.1, -0.05) is 12.1 Å². The van der Waals surface area contributed by atoms with Crippen molar-refractivity contribution in [2.75, 3.05) is 7.11 Å². The molecule has 0 spiro atoms. The molecule has 1 aromatic rings. The molecule has 0 atom stereocenters. The number of aliphatic carboxylic acids is 1. The number of amides is 1. The van der Waals surface area contributed by atoms with Crippen molar-refractivity contribution in [1.82, 2.24) is 5.32 Å². The standard InChI is InChI=1S/C13H17NO4/c1-18-11-5-2-4-10(8-11)9-14-12(15)6-3-7-13(16)17/h2,4-5,8H,3,6-7,9H2,1H3,(H,14,15)(H,16,17). The Bertz CT molecular complexity index is 417. The third-order valence-electron chi connectivity index (χ3n) is 2.42. The van der Waals surface area contributed by atoms with Gasteiger partial charge in [0.25, 0.3) is 0 Å². The zero-order chi connectivity index (χ0) is 13.4. The van der Waals surface area contributed by atoms with E-state index in [9.17, 15) is 9.59 Å². The van der Waals surface area contributed by atoms with E-state index in [0.29, 0.717) is 13.0 Å². The van der Waals surface area contributed by atoms with E-state index in [4.69, 9.17) is 9.84 Å². The second-order valence-corrected chi connectivity index (χ2v) is 3.88. The van der Waals surface area contributed by atoms with Gasteiger partial charge in [0.15, 0.2) is 0 Å². The highest BCUT2D eigenvalue weighted by atomic mass is 16.5. The van der Waals surface area contributed by atoms with Crippen LogP contribution in [0.2, 0.25) is 0 Å². The molecule has 1 rings (SSSR count). The third-order valence-corrected chi connectivity index (χ3v) is 2.42. The lowest BCUT2D eigenvalue weighted by atomic mass is 10.2. The molecule has 98 valence electrons. The first kappa shape index (κ1) is 14.0. The summed E-state index contributed by atoms with van der Waals surface area (Å²) in [5, 5.41) is 11.2. The fraction of sp³-hybridized carbons (Fsp3) is 0.385. The number of carbonyl (C=O) groups is 2. The van der Waals surface area contributed by atoms with E-state index in [1.807, 2.05) is 24.3 Å². The highest BCUT2D eigenvalue weighted by Crippen LogP contribution is 2.12. The third kappa shape index (κ3) is 5.34. The van der Waals surface area contributed by atoms with E-state index < -0.39 is 5.97 Å². The van der Waals surface area contributed by atoms with Crippen LogP contribution in [0.5, 0.6) is 5.75 Å². The molecule has 0 fully saturated rings. The summed E-state index contributed by atoms with van der Waals surface area (Å²) in [4.78, 5) is 21.7. The highest BCUT2D eigenvalue weighted by molar-refractivity contribution is 5.76. The highest BCUT2D eigenvalue weighted by Gasteiger charge is 2.04. The number of carboxylic acid groups (broad SMARTS) is 1. The second-order valence-electron chi connectivity index (χ2n) is 3.88. The van der Waals surface area contributed by atoms with Gasteiger partial charge in [-0.2, -0.15) is 0 Å². The van der Waals surface area contributed by atoms with Crippen molar-refractivity contribution in [3.8, 4) is 5.75 Å². The van der Waals surface area contributed by atoms with Gasteiger partial charge in [-0.3, -0.25) is 9.59 Å². The summed E-state index contributed by atoms with van der Waals surface area (Å²) in [5.41, 5.74) is 0.945. The van der Waals surface area contributed by atoms with E-state index in [2.05, 4.69) is 5.32 Å². The van der Waals surface area contributed by atoms with Crippen LogP contribution >= 0.6 is 0 Å². The Labute approximate surface area is 106 Å². The van der Waals surface area contributed by atoms with Crippen LogP contribution in [-0.2, 0) is 16.1 Å². The summed E-state index contributed by atoms with van der Waals surface area (Å²) in [6.45, 7) is 0.420. The van der Waals surface area contributed by atoms with Crippen molar-refractivity contribution in [3.05, 3.63) is 29.8 Å². The molecule has 0 aromatic heterocycles. The van der Waals surface area contributed by atoms with Crippen LogP contribution in [0.3, 0.4) is 0 Å². The molecule has 0 radical (unpaired) electrons. The predicted molar refractivity (Wildman–Crippen MR) is 66.3 cm³/mol. The number of carbonyl (C=O) groups excluding carboxylic acids is 1. The zero-order valence-corrected chi connectivity index (χ0v) is 10.3. The van der Waals surface area contributed by atoms with Crippen molar-refractivity contribution in [2.24, 2.45) is 0 Å². The predicted octanol–water partition coefficient (Wildman–Crippen LogP) is 1.57. The summed E-state index contributed by atoms with van der Waals surface area (Å²) < 4.78 is 5.07. The van der Waals surface area contributed by atoms with E-state index in [1.165, 1.54) is 0 Å². The molecule has 0 saturated carbocycles. The summed E-state index contributed by atoms with van der Waals surface area (Å²) in [6.07, 6.45) is 0.613. The van der Waals surface area contributed by atoms with Gasteiger partial charge >= 0.3 is 5.97 Å². The molecule has 2 N–H and O–H groups in total. The minimum atomic E-state index is -0.879. The molecule has 0 aliphatic heterocycles. The number of ether oxygens (including phenoxy) is 1. The molecule has 0 aliphatic carbocycles. The van der Waals surface area contributed by atoms with Crippen LogP contribution in [0, 0.1) is 0 Å². The van der Waals surface area contributed by atoms with Gasteiger partial charge in [-0.25, -0.2) is 0 Å². The van der Waals surface area contributed by atoms with Crippen molar-refractivity contribution in [2.45, 2.75) is 25.8 Å². The lowest BCUT2D eigenvalue weighted by Crippen LogP contribution is -2.22. The van der Waals surface area contributed by atoms with E-state index >= 15 is 0 Å². The molecule has 5 nitrogen and oxygen atoms in total. The number of hydrogen-bond donors (Lipinski definition) is 2. The van der Waals surface area contributed by atoms with E-state index in [-0.39, 0.29) is 18.7 Å². The Hall–Kier alpha value is -2.04. The maximum atomic E-state index is 11.4. The van der Waals surface area contributed by atoms with Crippen LogP contribution in [0.1, 0.15) is 24.8 Å². The molecular weight excluding hydrogens is 234 g/mol. The summed E-state index contributed by atoms with van der Waals surface area (Å²) in [6, 6.07) is 7.42. The maximum Gasteiger partial charge on any atom is 0.303 e. The van der Waals surface area contributed by atoms with Crippen molar-refractivity contribution in [3.63, 3.8) is 0 Å². The van der Waals surface area contributed by atoms with Gasteiger partial charge in [-0.05, 0) is 24.1 Å². The van der Waals surface area contributed by atoms with Gasteiger partial charge in [-0.15, -0.1) is 0 Å². The van der Waals surface area contributed by atoms with Crippen LogP contribution in [0.25, 0.3) is 0 Å². The SMILES string of the molecule is COc1cccc(CNC(=O)CCCC(=O)O)c1. The average Bonchev–Trinajstić information content (AvgIpc) is 2.36. The first-order chi connectivity index (χ1) is 8.61. The van der Waals surface area contributed by atoms with Gasteiger partial charge in [0, 0.05) is 19.4 Å². The quantitative estimate of drug-likeness (QED) is 0.771. The van der Waals surface area contributed by atoms with Crippen molar-refractivity contribution >= 4 is 11.9 Å². The first-order valence-electron chi connectivity index (χ1n) is 5.73. The molecule has 0 unspecified atom stereocenters. The van der Waals surface area contributed by atoms with Gasteiger partial charge in [0.2, 0.25) is 5.91 Å². The molecule has 18 heavy (non-hydrogen) atoms. The summed E-state index contributed by atoms with van der Waals surface area (Å²) in [5.74, 6) is -0.276. The number of carboxylic acids is 1. The lowest BCUT2D eigenvalue weighted by Gasteiger charge is -2.06. The minimum absolute atomic E-state index is 0.0204. The smallest absolute Gasteiger partial charge is 0.303 e. The topological polar surface area (TPSA) is 75.6 Å². The van der Waals surface area contributed by atoms with Gasteiger partial charge < -0.3 is 15.2 Å². The minimum Gasteiger partial charge on any atom is -0.497 e. The van der Waals surface area contributed by atoms with Gasteiger partial charge in [0.1, 0.15) is 5.75 Å². The molecule has 1 amide bonds. The monoisotopic (exact) mass is 251 g/mol. The number of methoxy groups -OCH3 is 1. The Morgan fingerprint density at radius 2 is 2.11 bits per heavy atom. The van der Waals surface area contributed by atoms with Crippen LogP contribution in [0.4, 0.5) is 0 Å². The summed E-state index contributed by atoms with van der Waals surface area (Å²) in [7, 11) is 1.59. The van der Waals surface area contributed by atoms with Crippen molar-refractivity contribution < 1.29 is 19.4 Å². The first-order valence-corrected chi connectivity index (χ1v) is 5.73. The van der Waals surface area contributed by atoms with Crippen LogP contribution in [-0.4, -0.2) is 24.1 Å². The Morgan fingerprint density at radius 3 is 2.78 bits per heavy atom. The van der Waals surface area contributed by atoms with E-state index in [0.717, 1.165) is 11.3 Å².